The van der Waals surface area contributed by atoms with E-state index in [9.17, 15) is 4.79 Å². The second-order valence-electron chi connectivity index (χ2n) is 2.89. The first kappa shape index (κ1) is 7.98. The topological polar surface area (TPSA) is 33.2 Å². The minimum absolute atomic E-state index is 0.147. The SMILES string of the molecule is O=C1CCC=CN1c1ccncc1. The lowest BCUT2D eigenvalue weighted by atomic mass is 10.2. The van der Waals surface area contributed by atoms with Crippen molar-refractivity contribution in [2.75, 3.05) is 4.90 Å². The Morgan fingerprint density at radius 2 is 2.08 bits per heavy atom. The van der Waals surface area contributed by atoms with E-state index in [1.165, 1.54) is 0 Å². The fourth-order valence-electron chi connectivity index (χ4n) is 1.33. The molecule has 0 atom stereocenters. The predicted molar refractivity (Wildman–Crippen MR) is 50.1 cm³/mol. The highest BCUT2D eigenvalue weighted by atomic mass is 16.2. The van der Waals surface area contributed by atoms with E-state index < -0.39 is 0 Å². The van der Waals surface area contributed by atoms with Gasteiger partial charge in [0.05, 0.1) is 5.69 Å². The van der Waals surface area contributed by atoms with Crippen LogP contribution in [0.15, 0.2) is 36.8 Å². The molecule has 0 radical (unpaired) electrons. The van der Waals surface area contributed by atoms with Gasteiger partial charge in [-0.15, -0.1) is 0 Å². The first-order valence-corrected chi connectivity index (χ1v) is 4.27. The minimum Gasteiger partial charge on any atom is -0.288 e. The quantitative estimate of drug-likeness (QED) is 0.649. The second kappa shape index (κ2) is 3.39. The number of aromatic nitrogens is 1. The molecule has 1 aliphatic heterocycles. The van der Waals surface area contributed by atoms with Crippen LogP contribution in [0.2, 0.25) is 0 Å². The van der Waals surface area contributed by atoms with E-state index >= 15 is 0 Å². The molecule has 2 rings (SSSR count). The summed E-state index contributed by atoms with van der Waals surface area (Å²) in [5, 5.41) is 0. The van der Waals surface area contributed by atoms with Crippen molar-refractivity contribution in [1.82, 2.24) is 4.98 Å². The van der Waals surface area contributed by atoms with E-state index in [4.69, 9.17) is 0 Å². The molecule has 1 aliphatic rings. The standard InChI is InChI=1S/C10H10N2O/c13-10-3-1-2-8-12(10)9-4-6-11-7-5-9/h2,4-8H,1,3H2. The Balaban J connectivity index is 2.30. The van der Waals surface area contributed by atoms with Crippen LogP contribution in [0, 0.1) is 0 Å². The van der Waals surface area contributed by atoms with Gasteiger partial charge in [0.25, 0.3) is 0 Å². The summed E-state index contributed by atoms with van der Waals surface area (Å²) in [5.74, 6) is 0.147. The molecule has 13 heavy (non-hydrogen) atoms. The van der Waals surface area contributed by atoms with Gasteiger partial charge in [0.2, 0.25) is 5.91 Å². The van der Waals surface area contributed by atoms with Crippen molar-refractivity contribution in [3.05, 3.63) is 36.8 Å². The second-order valence-corrected chi connectivity index (χ2v) is 2.89. The van der Waals surface area contributed by atoms with Gasteiger partial charge >= 0.3 is 0 Å². The third-order valence-corrected chi connectivity index (χ3v) is 1.99. The van der Waals surface area contributed by atoms with Gasteiger partial charge in [0, 0.05) is 25.0 Å². The number of nitrogens with zero attached hydrogens (tertiary/aromatic N) is 2. The fraction of sp³-hybridized carbons (Fsp3) is 0.200. The molecule has 0 saturated heterocycles. The van der Waals surface area contributed by atoms with E-state index in [0.29, 0.717) is 6.42 Å². The molecule has 3 heteroatoms. The summed E-state index contributed by atoms with van der Waals surface area (Å²) in [6, 6.07) is 3.65. The average molecular weight is 174 g/mol. The maximum Gasteiger partial charge on any atom is 0.231 e. The van der Waals surface area contributed by atoms with Crippen LogP contribution in [0.25, 0.3) is 0 Å². The normalized spacial score (nSPS) is 16.3. The molecule has 66 valence electrons. The molecule has 0 aromatic carbocycles. The van der Waals surface area contributed by atoms with E-state index in [0.717, 1.165) is 12.1 Å². The maximum absolute atomic E-state index is 11.4. The van der Waals surface area contributed by atoms with Gasteiger partial charge in [0.1, 0.15) is 0 Å². The van der Waals surface area contributed by atoms with Gasteiger partial charge in [0.15, 0.2) is 0 Å². The molecule has 0 bridgehead atoms. The molecule has 2 heterocycles. The van der Waals surface area contributed by atoms with Crippen molar-refractivity contribution in [2.45, 2.75) is 12.8 Å². The third-order valence-electron chi connectivity index (χ3n) is 1.99. The monoisotopic (exact) mass is 174 g/mol. The van der Waals surface area contributed by atoms with Crippen molar-refractivity contribution in [3.8, 4) is 0 Å². The van der Waals surface area contributed by atoms with Crippen LogP contribution in [-0.4, -0.2) is 10.9 Å². The number of hydrogen-bond acceptors (Lipinski definition) is 2. The van der Waals surface area contributed by atoms with E-state index in [-0.39, 0.29) is 5.91 Å². The first-order valence-electron chi connectivity index (χ1n) is 4.27. The van der Waals surface area contributed by atoms with Crippen molar-refractivity contribution in [2.24, 2.45) is 0 Å². The lowest BCUT2D eigenvalue weighted by molar-refractivity contribution is -0.118. The molecule has 0 saturated carbocycles. The van der Waals surface area contributed by atoms with Crippen LogP contribution < -0.4 is 4.90 Å². The number of anilines is 1. The summed E-state index contributed by atoms with van der Waals surface area (Å²) in [6.07, 6.45) is 8.64. The Labute approximate surface area is 76.7 Å². The summed E-state index contributed by atoms with van der Waals surface area (Å²) in [6.45, 7) is 0. The minimum atomic E-state index is 0.147. The molecule has 0 spiro atoms. The molecule has 1 aromatic heterocycles. The Bertz CT molecular complexity index is 332. The van der Waals surface area contributed by atoms with E-state index in [1.807, 2.05) is 24.4 Å². The number of amides is 1. The van der Waals surface area contributed by atoms with Gasteiger partial charge in [-0.25, -0.2) is 0 Å². The lowest BCUT2D eigenvalue weighted by Gasteiger charge is -2.20. The molecule has 3 nitrogen and oxygen atoms in total. The highest BCUT2D eigenvalue weighted by Gasteiger charge is 2.14. The van der Waals surface area contributed by atoms with Crippen LogP contribution >= 0.6 is 0 Å². The molecule has 1 amide bonds. The van der Waals surface area contributed by atoms with Gasteiger partial charge in [-0.3, -0.25) is 14.7 Å². The summed E-state index contributed by atoms with van der Waals surface area (Å²) >= 11 is 0. The summed E-state index contributed by atoms with van der Waals surface area (Å²) in [5.41, 5.74) is 0.885. The van der Waals surface area contributed by atoms with Gasteiger partial charge in [-0.2, -0.15) is 0 Å². The number of pyridine rings is 1. The molecule has 0 N–H and O–H groups in total. The lowest BCUT2D eigenvalue weighted by Crippen LogP contribution is -2.26. The van der Waals surface area contributed by atoms with E-state index in [1.54, 1.807) is 17.3 Å². The van der Waals surface area contributed by atoms with Gasteiger partial charge in [-0.05, 0) is 18.6 Å². The molecular weight excluding hydrogens is 164 g/mol. The summed E-state index contributed by atoms with van der Waals surface area (Å²) in [4.78, 5) is 17.0. The number of rotatable bonds is 1. The van der Waals surface area contributed by atoms with Gasteiger partial charge in [-0.1, -0.05) is 6.08 Å². The zero-order valence-corrected chi connectivity index (χ0v) is 7.18. The molecule has 0 fully saturated rings. The molecule has 0 aliphatic carbocycles. The summed E-state index contributed by atoms with van der Waals surface area (Å²) in [7, 11) is 0. The highest BCUT2D eigenvalue weighted by molar-refractivity contribution is 5.95. The summed E-state index contributed by atoms with van der Waals surface area (Å²) < 4.78 is 0. The van der Waals surface area contributed by atoms with Crippen LogP contribution in [0.5, 0.6) is 0 Å². The fourth-order valence-corrected chi connectivity index (χ4v) is 1.33. The van der Waals surface area contributed by atoms with Crippen LogP contribution in [0.3, 0.4) is 0 Å². The van der Waals surface area contributed by atoms with Crippen molar-refractivity contribution in [3.63, 3.8) is 0 Å². The number of carbonyl (C=O) groups excluding carboxylic acids is 1. The van der Waals surface area contributed by atoms with E-state index in [2.05, 4.69) is 4.98 Å². The Kier molecular flexibility index (Phi) is 2.08. The smallest absolute Gasteiger partial charge is 0.231 e. The van der Waals surface area contributed by atoms with Crippen molar-refractivity contribution >= 4 is 11.6 Å². The predicted octanol–water partition coefficient (Wildman–Crippen LogP) is 1.72. The largest absolute Gasteiger partial charge is 0.288 e. The zero-order chi connectivity index (χ0) is 9.10. The highest BCUT2D eigenvalue weighted by Crippen LogP contribution is 2.17. The maximum atomic E-state index is 11.4. The first-order chi connectivity index (χ1) is 6.38. The molecular formula is C10H10N2O. The average Bonchev–Trinajstić information content (AvgIpc) is 2.20. The number of hydrogen-bond donors (Lipinski definition) is 0. The molecule has 0 unspecified atom stereocenters. The van der Waals surface area contributed by atoms with Crippen molar-refractivity contribution in [1.29, 1.82) is 0 Å². The molecule has 1 aromatic rings. The van der Waals surface area contributed by atoms with Crippen LogP contribution in [0.4, 0.5) is 5.69 Å². The van der Waals surface area contributed by atoms with Gasteiger partial charge < -0.3 is 0 Å². The number of allylic oxidation sites excluding steroid dienone is 1. The Hall–Kier alpha value is -1.64. The Morgan fingerprint density at radius 1 is 1.31 bits per heavy atom. The number of carbonyl (C=O) groups is 1. The van der Waals surface area contributed by atoms with Crippen LogP contribution in [0.1, 0.15) is 12.8 Å². The third kappa shape index (κ3) is 1.59. The van der Waals surface area contributed by atoms with Crippen LogP contribution in [-0.2, 0) is 4.79 Å². The Morgan fingerprint density at radius 3 is 2.77 bits per heavy atom. The zero-order valence-electron chi connectivity index (χ0n) is 7.18. The van der Waals surface area contributed by atoms with Crippen molar-refractivity contribution < 1.29 is 4.79 Å².